The Labute approximate surface area is 69.8 Å². The third-order valence-corrected chi connectivity index (χ3v) is 2.90. The SMILES string of the molecule is CC1CCCC(N)(N(C)C)C1. The van der Waals surface area contributed by atoms with Crippen LogP contribution in [0.5, 0.6) is 0 Å². The lowest BCUT2D eigenvalue weighted by Gasteiger charge is -2.41. The van der Waals surface area contributed by atoms with Gasteiger partial charge in [-0.3, -0.25) is 4.90 Å². The van der Waals surface area contributed by atoms with Gasteiger partial charge < -0.3 is 5.73 Å². The van der Waals surface area contributed by atoms with Gasteiger partial charge in [-0.2, -0.15) is 0 Å². The first-order valence-corrected chi connectivity index (χ1v) is 4.51. The highest BCUT2D eigenvalue weighted by Crippen LogP contribution is 2.31. The first-order chi connectivity index (χ1) is 5.04. The van der Waals surface area contributed by atoms with Crippen molar-refractivity contribution in [1.29, 1.82) is 0 Å². The van der Waals surface area contributed by atoms with Crippen molar-refractivity contribution in [3.8, 4) is 0 Å². The molecule has 0 radical (unpaired) electrons. The Hall–Kier alpha value is -0.0800. The molecule has 0 bridgehead atoms. The average Bonchev–Trinajstić information content (AvgIpc) is 1.86. The summed E-state index contributed by atoms with van der Waals surface area (Å²) in [5.74, 6) is 0.802. The summed E-state index contributed by atoms with van der Waals surface area (Å²) in [4.78, 5) is 2.17. The zero-order valence-corrected chi connectivity index (χ0v) is 7.93. The summed E-state index contributed by atoms with van der Waals surface area (Å²) in [7, 11) is 4.16. The Balaban J connectivity index is 2.55. The molecule has 66 valence electrons. The van der Waals surface area contributed by atoms with E-state index >= 15 is 0 Å². The minimum absolute atomic E-state index is 0.0162. The number of hydrogen-bond acceptors (Lipinski definition) is 2. The first-order valence-electron chi connectivity index (χ1n) is 4.51. The van der Waals surface area contributed by atoms with Crippen molar-refractivity contribution < 1.29 is 0 Å². The smallest absolute Gasteiger partial charge is 0.0684 e. The number of nitrogens with zero attached hydrogens (tertiary/aromatic N) is 1. The standard InChI is InChI=1S/C9H20N2/c1-8-5-4-6-9(10,7-8)11(2)3/h8H,4-7,10H2,1-3H3. The van der Waals surface area contributed by atoms with E-state index in [0.717, 1.165) is 18.8 Å². The predicted octanol–water partition coefficient (Wildman–Crippen LogP) is 1.41. The Morgan fingerprint density at radius 3 is 2.45 bits per heavy atom. The molecule has 1 fully saturated rings. The zero-order valence-electron chi connectivity index (χ0n) is 7.93. The van der Waals surface area contributed by atoms with Crippen molar-refractivity contribution in [2.45, 2.75) is 38.3 Å². The molecule has 0 spiro atoms. The molecule has 11 heavy (non-hydrogen) atoms. The second-order valence-corrected chi connectivity index (χ2v) is 4.20. The monoisotopic (exact) mass is 156 g/mol. The molecule has 1 aliphatic carbocycles. The molecule has 0 heterocycles. The summed E-state index contributed by atoms with van der Waals surface area (Å²) in [6, 6.07) is 0. The molecule has 2 atom stereocenters. The maximum absolute atomic E-state index is 6.22. The molecule has 2 N–H and O–H groups in total. The van der Waals surface area contributed by atoms with E-state index in [1.54, 1.807) is 0 Å². The summed E-state index contributed by atoms with van der Waals surface area (Å²) in [5.41, 5.74) is 6.20. The van der Waals surface area contributed by atoms with E-state index in [0.29, 0.717) is 0 Å². The Bertz CT molecular complexity index is 134. The van der Waals surface area contributed by atoms with Gasteiger partial charge in [0.25, 0.3) is 0 Å². The van der Waals surface area contributed by atoms with Crippen LogP contribution in [0.25, 0.3) is 0 Å². The van der Waals surface area contributed by atoms with Gasteiger partial charge in [0.1, 0.15) is 0 Å². The van der Waals surface area contributed by atoms with Crippen LogP contribution in [0.15, 0.2) is 0 Å². The van der Waals surface area contributed by atoms with Gasteiger partial charge in [-0.1, -0.05) is 19.8 Å². The molecule has 0 amide bonds. The molecule has 0 aromatic rings. The second kappa shape index (κ2) is 3.11. The first kappa shape index (κ1) is 9.01. The molecule has 0 aliphatic heterocycles. The predicted molar refractivity (Wildman–Crippen MR) is 48.2 cm³/mol. The van der Waals surface area contributed by atoms with Crippen LogP contribution in [-0.4, -0.2) is 24.7 Å². The van der Waals surface area contributed by atoms with E-state index in [4.69, 9.17) is 5.73 Å². The zero-order chi connectivity index (χ0) is 8.48. The summed E-state index contributed by atoms with van der Waals surface area (Å²) in [6.07, 6.45) is 4.95. The normalized spacial score (nSPS) is 39.5. The lowest BCUT2D eigenvalue weighted by Crippen LogP contribution is -2.54. The van der Waals surface area contributed by atoms with Crippen LogP contribution in [0.1, 0.15) is 32.6 Å². The van der Waals surface area contributed by atoms with E-state index in [1.165, 1.54) is 12.8 Å². The number of nitrogens with two attached hydrogens (primary N) is 1. The van der Waals surface area contributed by atoms with Gasteiger partial charge in [0.05, 0.1) is 5.66 Å². The lowest BCUT2D eigenvalue weighted by molar-refractivity contribution is 0.0824. The third-order valence-electron chi connectivity index (χ3n) is 2.90. The van der Waals surface area contributed by atoms with Crippen molar-refractivity contribution >= 4 is 0 Å². The molecule has 2 unspecified atom stereocenters. The fourth-order valence-electron chi connectivity index (χ4n) is 1.97. The van der Waals surface area contributed by atoms with Crippen molar-refractivity contribution in [3.05, 3.63) is 0 Å². The van der Waals surface area contributed by atoms with Crippen LogP contribution >= 0.6 is 0 Å². The molecule has 0 aromatic heterocycles. The third kappa shape index (κ3) is 1.94. The van der Waals surface area contributed by atoms with Crippen molar-refractivity contribution in [2.24, 2.45) is 11.7 Å². The molecule has 0 aromatic carbocycles. The van der Waals surface area contributed by atoms with Crippen LogP contribution < -0.4 is 5.73 Å². The van der Waals surface area contributed by atoms with Gasteiger partial charge in [-0.25, -0.2) is 0 Å². The Morgan fingerprint density at radius 1 is 1.45 bits per heavy atom. The molecule has 1 rings (SSSR count). The minimum Gasteiger partial charge on any atom is -0.313 e. The highest BCUT2D eigenvalue weighted by atomic mass is 15.2. The average molecular weight is 156 g/mol. The van der Waals surface area contributed by atoms with Gasteiger partial charge in [0.2, 0.25) is 0 Å². The Kier molecular flexibility index (Phi) is 2.55. The van der Waals surface area contributed by atoms with E-state index in [-0.39, 0.29) is 5.66 Å². The summed E-state index contributed by atoms with van der Waals surface area (Å²) in [5, 5.41) is 0. The van der Waals surface area contributed by atoms with Crippen LogP contribution in [0, 0.1) is 5.92 Å². The number of hydrogen-bond donors (Lipinski definition) is 1. The van der Waals surface area contributed by atoms with Crippen LogP contribution in [0.3, 0.4) is 0 Å². The van der Waals surface area contributed by atoms with Crippen molar-refractivity contribution in [2.75, 3.05) is 14.1 Å². The Morgan fingerprint density at radius 2 is 2.09 bits per heavy atom. The molecule has 2 heteroatoms. The molecular weight excluding hydrogens is 136 g/mol. The van der Waals surface area contributed by atoms with Gasteiger partial charge >= 0.3 is 0 Å². The van der Waals surface area contributed by atoms with E-state index in [9.17, 15) is 0 Å². The van der Waals surface area contributed by atoms with Crippen LogP contribution in [0.4, 0.5) is 0 Å². The van der Waals surface area contributed by atoms with E-state index < -0.39 is 0 Å². The highest BCUT2D eigenvalue weighted by Gasteiger charge is 2.32. The second-order valence-electron chi connectivity index (χ2n) is 4.20. The molecule has 0 saturated heterocycles. The number of rotatable bonds is 1. The quantitative estimate of drug-likeness (QED) is 0.582. The topological polar surface area (TPSA) is 29.3 Å². The summed E-state index contributed by atoms with van der Waals surface area (Å²) < 4.78 is 0. The summed E-state index contributed by atoms with van der Waals surface area (Å²) >= 11 is 0. The maximum atomic E-state index is 6.22. The molecule has 2 nitrogen and oxygen atoms in total. The highest BCUT2D eigenvalue weighted by molar-refractivity contribution is 4.86. The van der Waals surface area contributed by atoms with Crippen molar-refractivity contribution in [3.63, 3.8) is 0 Å². The van der Waals surface area contributed by atoms with Gasteiger partial charge in [-0.05, 0) is 32.9 Å². The lowest BCUT2D eigenvalue weighted by atomic mass is 9.82. The fourth-order valence-corrected chi connectivity index (χ4v) is 1.97. The van der Waals surface area contributed by atoms with Gasteiger partial charge in [0, 0.05) is 0 Å². The summed E-state index contributed by atoms with van der Waals surface area (Å²) in [6.45, 7) is 2.30. The van der Waals surface area contributed by atoms with Gasteiger partial charge in [-0.15, -0.1) is 0 Å². The van der Waals surface area contributed by atoms with Crippen LogP contribution in [0.2, 0.25) is 0 Å². The largest absolute Gasteiger partial charge is 0.313 e. The molecule has 1 saturated carbocycles. The molecular formula is C9H20N2. The minimum atomic E-state index is -0.0162. The van der Waals surface area contributed by atoms with Crippen LogP contribution in [-0.2, 0) is 0 Å². The molecule has 1 aliphatic rings. The van der Waals surface area contributed by atoms with Gasteiger partial charge in [0.15, 0.2) is 0 Å². The maximum Gasteiger partial charge on any atom is 0.0684 e. The van der Waals surface area contributed by atoms with E-state index in [2.05, 4.69) is 25.9 Å². The fraction of sp³-hybridized carbons (Fsp3) is 1.00. The van der Waals surface area contributed by atoms with Crippen molar-refractivity contribution in [1.82, 2.24) is 4.90 Å². The van der Waals surface area contributed by atoms with E-state index in [1.807, 2.05) is 0 Å².